The van der Waals surface area contributed by atoms with Crippen LogP contribution in [0.5, 0.6) is 0 Å². The van der Waals surface area contributed by atoms with Crippen LogP contribution in [0.15, 0.2) is 48.5 Å². The first-order valence-electron chi connectivity index (χ1n) is 8.84. The number of H-pyrrole nitrogens is 1. The SMILES string of the molecule is C[C@@H](C(=O)O)[C@@H]1c2ccccc2C[C@@H]1NC(=O)c1cc2cc(Cl)ccc2[nH]1. The molecule has 1 aliphatic carbocycles. The minimum Gasteiger partial charge on any atom is -0.481 e. The second kappa shape index (κ2) is 6.74. The lowest BCUT2D eigenvalue weighted by Gasteiger charge is -2.25. The smallest absolute Gasteiger partial charge is 0.306 e. The zero-order chi connectivity index (χ0) is 19.1. The Balaban J connectivity index is 1.62. The summed E-state index contributed by atoms with van der Waals surface area (Å²) in [5.74, 6) is -1.97. The Kier molecular flexibility index (Phi) is 4.40. The molecule has 0 fully saturated rings. The van der Waals surface area contributed by atoms with Crippen LogP contribution in [0, 0.1) is 5.92 Å². The molecule has 0 unspecified atom stereocenters. The third-order valence-electron chi connectivity index (χ3n) is 5.36. The Morgan fingerprint density at radius 3 is 2.78 bits per heavy atom. The van der Waals surface area contributed by atoms with E-state index in [0.717, 1.165) is 22.0 Å². The second-order valence-corrected chi connectivity index (χ2v) is 7.49. The summed E-state index contributed by atoms with van der Waals surface area (Å²) in [4.78, 5) is 27.5. The maximum Gasteiger partial charge on any atom is 0.306 e. The predicted molar refractivity (Wildman–Crippen MR) is 104 cm³/mol. The van der Waals surface area contributed by atoms with Crippen LogP contribution in [-0.2, 0) is 11.2 Å². The lowest BCUT2D eigenvalue weighted by Crippen LogP contribution is -2.41. The fourth-order valence-corrected chi connectivity index (χ4v) is 4.19. The highest BCUT2D eigenvalue weighted by Gasteiger charge is 2.39. The van der Waals surface area contributed by atoms with Gasteiger partial charge in [-0.2, -0.15) is 0 Å². The first-order chi connectivity index (χ1) is 12.9. The van der Waals surface area contributed by atoms with Crippen molar-refractivity contribution in [3.63, 3.8) is 0 Å². The van der Waals surface area contributed by atoms with Gasteiger partial charge in [0, 0.05) is 27.9 Å². The summed E-state index contributed by atoms with van der Waals surface area (Å²) in [6, 6.07) is 14.7. The van der Waals surface area contributed by atoms with Crippen molar-refractivity contribution in [2.45, 2.75) is 25.3 Å². The minimum atomic E-state index is -0.865. The van der Waals surface area contributed by atoms with Crippen LogP contribution >= 0.6 is 11.6 Å². The number of carbonyl (C=O) groups is 2. The first kappa shape index (κ1) is 17.6. The van der Waals surface area contributed by atoms with Crippen molar-refractivity contribution in [2.24, 2.45) is 5.92 Å². The highest BCUT2D eigenvalue weighted by Crippen LogP contribution is 2.38. The summed E-state index contributed by atoms with van der Waals surface area (Å²) >= 11 is 6.01. The van der Waals surface area contributed by atoms with Gasteiger partial charge in [-0.05, 0) is 41.8 Å². The van der Waals surface area contributed by atoms with Crippen molar-refractivity contribution in [2.75, 3.05) is 0 Å². The van der Waals surface area contributed by atoms with Gasteiger partial charge in [0.15, 0.2) is 0 Å². The molecule has 1 aromatic heterocycles. The number of aromatic amines is 1. The summed E-state index contributed by atoms with van der Waals surface area (Å²) in [5, 5.41) is 14.0. The van der Waals surface area contributed by atoms with E-state index in [2.05, 4.69) is 10.3 Å². The van der Waals surface area contributed by atoms with Crippen molar-refractivity contribution >= 4 is 34.4 Å². The third-order valence-corrected chi connectivity index (χ3v) is 5.59. The van der Waals surface area contributed by atoms with E-state index in [9.17, 15) is 14.7 Å². The number of hydrogen-bond donors (Lipinski definition) is 3. The van der Waals surface area contributed by atoms with Gasteiger partial charge in [0.2, 0.25) is 0 Å². The highest BCUT2D eigenvalue weighted by molar-refractivity contribution is 6.31. The molecule has 0 radical (unpaired) electrons. The largest absolute Gasteiger partial charge is 0.481 e. The van der Waals surface area contributed by atoms with Gasteiger partial charge in [-0.25, -0.2) is 0 Å². The molecule has 4 rings (SSSR count). The molecule has 3 aromatic rings. The topological polar surface area (TPSA) is 82.2 Å². The van der Waals surface area contributed by atoms with E-state index in [-0.39, 0.29) is 17.9 Å². The van der Waals surface area contributed by atoms with Crippen molar-refractivity contribution in [1.29, 1.82) is 0 Å². The molecule has 1 heterocycles. The van der Waals surface area contributed by atoms with Gasteiger partial charge in [0.1, 0.15) is 5.69 Å². The number of hydrogen-bond acceptors (Lipinski definition) is 2. The van der Waals surface area contributed by atoms with E-state index in [1.54, 1.807) is 25.1 Å². The molecular formula is C21H19ClN2O3. The van der Waals surface area contributed by atoms with Crippen molar-refractivity contribution < 1.29 is 14.7 Å². The molecule has 0 saturated heterocycles. The summed E-state index contributed by atoms with van der Waals surface area (Å²) in [6.07, 6.45) is 0.621. The number of carboxylic acids is 1. The molecule has 138 valence electrons. The molecule has 27 heavy (non-hydrogen) atoms. The standard InChI is InChI=1S/C21H19ClN2O3/c1-11(21(26)27)19-15-5-3-2-4-12(15)9-17(19)24-20(25)18-10-13-8-14(22)6-7-16(13)23-18/h2-8,10-11,17,19,23H,9H2,1H3,(H,24,25)(H,26,27)/t11-,17+,19-/m1/s1. The fourth-order valence-electron chi connectivity index (χ4n) is 4.01. The van der Waals surface area contributed by atoms with Gasteiger partial charge in [-0.3, -0.25) is 9.59 Å². The summed E-state index contributed by atoms with van der Waals surface area (Å²) < 4.78 is 0. The number of carboxylic acid groups (broad SMARTS) is 1. The van der Waals surface area contributed by atoms with Gasteiger partial charge < -0.3 is 15.4 Å². The zero-order valence-corrected chi connectivity index (χ0v) is 15.5. The molecule has 6 heteroatoms. The normalized spacial score (nSPS) is 19.6. The number of aromatic nitrogens is 1. The Labute approximate surface area is 161 Å². The Morgan fingerprint density at radius 2 is 2.00 bits per heavy atom. The van der Waals surface area contributed by atoms with Crippen molar-refractivity contribution in [1.82, 2.24) is 10.3 Å². The molecule has 0 bridgehead atoms. The lowest BCUT2D eigenvalue weighted by molar-refractivity contribution is -0.142. The van der Waals surface area contributed by atoms with E-state index < -0.39 is 11.9 Å². The Bertz CT molecular complexity index is 1040. The minimum absolute atomic E-state index is 0.247. The van der Waals surface area contributed by atoms with E-state index in [1.807, 2.05) is 30.3 Å². The average Bonchev–Trinajstić information content (AvgIpc) is 3.21. The number of amides is 1. The number of carbonyl (C=O) groups excluding carboxylic acids is 1. The number of benzene rings is 2. The van der Waals surface area contributed by atoms with Gasteiger partial charge in [-0.15, -0.1) is 0 Å². The molecular weight excluding hydrogens is 364 g/mol. The Hall–Kier alpha value is -2.79. The number of aliphatic carboxylic acids is 1. The van der Waals surface area contributed by atoms with Gasteiger partial charge in [0.05, 0.1) is 5.92 Å². The van der Waals surface area contributed by atoms with Gasteiger partial charge in [0.25, 0.3) is 5.91 Å². The van der Waals surface area contributed by atoms with Gasteiger partial charge >= 0.3 is 5.97 Å². The highest BCUT2D eigenvalue weighted by atomic mass is 35.5. The summed E-state index contributed by atoms with van der Waals surface area (Å²) in [6.45, 7) is 1.69. The van der Waals surface area contributed by atoms with E-state index in [4.69, 9.17) is 11.6 Å². The summed E-state index contributed by atoms with van der Waals surface area (Å²) in [7, 11) is 0. The number of halogens is 1. The maximum absolute atomic E-state index is 12.8. The lowest BCUT2D eigenvalue weighted by atomic mass is 9.86. The quantitative estimate of drug-likeness (QED) is 0.638. The number of nitrogens with one attached hydrogen (secondary N) is 2. The monoisotopic (exact) mass is 382 g/mol. The third kappa shape index (κ3) is 3.19. The molecule has 0 spiro atoms. The predicted octanol–water partition coefficient (Wildman–Crippen LogP) is 3.98. The molecule has 2 aromatic carbocycles. The van der Waals surface area contributed by atoms with Gasteiger partial charge in [-0.1, -0.05) is 42.8 Å². The molecule has 3 atom stereocenters. The number of fused-ring (bicyclic) bond motifs is 2. The first-order valence-corrected chi connectivity index (χ1v) is 9.21. The van der Waals surface area contributed by atoms with Crippen LogP contribution in [0.1, 0.15) is 34.5 Å². The van der Waals surface area contributed by atoms with Crippen LogP contribution in [0.4, 0.5) is 0 Å². The van der Waals surface area contributed by atoms with Crippen LogP contribution < -0.4 is 5.32 Å². The molecule has 3 N–H and O–H groups in total. The molecule has 1 aliphatic rings. The van der Waals surface area contributed by atoms with Crippen LogP contribution in [0.2, 0.25) is 5.02 Å². The average molecular weight is 383 g/mol. The van der Waals surface area contributed by atoms with Crippen LogP contribution in [-0.4, -0.2) is 28.0 Å². The fraction of sp³-hybridized carbons (Fsp3) is 0.238. The number of rotatable bonds is 4. The van der Waals surface area contributed by atoms with Crippen molar-refractivity contribution in [3.8, 4) is 0 Å². The molecule has 0 saturated carbocycles. The van der Waals surface area contributed by atoms with E-state index >= 15 is 0 Å². The maximum atomic E-state index is 12.8. The zero-order valence-electron chi connectivity index (χ0n) is 14.7. The van der Waals surface area contributed by atoms with E-state index in [0.29, 0.717) is 17.1 Å². The second-order valence-electron chi connectivity index (χ2n) is 7.05. The van der Waals surface area contributed by atoms with Crippen LogP contribution in [0.25, 0.3) is 10.9 Å². The molecule has 1 amide bonds. The van der Waals surface area contributed by atoms with Crippen LogP contribution in [0.3, 0.4) is 0 Å². The van der Waals surface area contributed by atoms with Crippen molar-refractivity contribution in [3.05, 3.63) is 70.4 Å². The molecule has 0 aliphatic heterocycles. The Morgan fingerprint density at radius 1 is 1.22 bits per heavy atom. The van der Waals surface area contributed by atoms with E-state index in [1.165, 1.54) is 0 Å². The summed E-state index contributed by atoms with van der Waals surface area (Å²) in [5.41, 5.74) is 3.35. The molecule has 5 nitrogen and oxygen atoms in total.